The summed E-state index contributed by atoms with van der Waals surface area (Å²) >= 11 is 7.44. The molecule has 2 amide bonds. The third-order valence-corrected chi connectivity index (χ3v) is 6.98. The summed E-state index contributed by atoms with van der Waals surface area (Å²) in [6, 6.07) is 7.29. The lowest BCUT2D eigenvalue weighted by molar-refractivity contribution is -0.139. The summed E-state index contributed by atoms with van der Waals surface area (Å²) in [6.45, 7) is 3.99. The molecule has 1 aromatic heterocycles. The first kappa shape index (κ1) is 22.0. The Morgan fingerprint density at radius 2 is 1.94 bits per heavy atom. The van der Waals surface area contributed by atoms with Gasteiger partial charge in [0.2, 0.25) is 5.91 Å². The Bertz CT molecular complexity index is 894. The minimum Gasteiger partial charge on any atom is -0.493 e. The van der Waals surface area contributed by atoms with E-state index in [2.05, 4.69) is 4.98 Å². The van der Waals surface area contributed by atoms with Crippen molar-refractivity contribution >= 4 is 34.8 Å². The summed E-state index contributed by atoms with van der Waals surface area (Å²) < 4.78 is 11.5. The van der Waals surface area contributed by atoms with E-state index in [1.165, 1.54) is 11.3 Å². The van der Waals surface area contributed by atoms with Gasteiger partial charge in [0.15, 0.2) is 0 Å². The molecule has 0 radical (unpaired) electrons. The molecule has 3 heterocycles. The second-order valence-corrected chi connectivity index (χ2v) is 9.40. The number of ether oxygens (including phenoxy) is 2. The number of nitrogens with zero attached hydrogens (tertiary/aromatic N) is 3. The first-order chi connectivity index (χ1) is 15.0. The van der Waals surface area contributed by atoms with Gasteiger partial charge in [-0.1, -0.05) is 17.7 Å². The summed E-state index contributed by atoms with van der Waals surface area (Å²) in [6.07, 6.45) is 3.41. The number of thiazole rings is 1. The molecule has 9 heteroatoms. The van der Waals surface area contributed by atoms with Crippen LogP contribution in [0.5, 0.6) is 5.75 Å². The lowest BCUT2D eigenvalue weighted by atomic mass is 9.75. The van der Waals surface area contributed by atoms with Gasteiger partial charge in [-0.2, -0.15) is 0 Å². The van der Waals surface area contributed by atoms with Crippen molar-refractivity contribution in [2.24, 2.45) is 5.41 Å². The topological polar surface area (TPSA) is 72.0 Å². The smallest absolute Gasteiger partial charge is 0.265 e. The number of amides is 2. The maximum Gasteiger partial charge on any atom is 0.265 e. The van der Waals surface area contributed by atoms with Crippen LogP contribution in [0.15, 0.2) is 36.0 Å². The van der Waals surface area contributed by atoms with E-state index < -0.39 is 0 Å². The molecule has 0 spiro atoms. The van der Waals surface area contributed by atoms with E-state index in [0.29, 0.717) is 80.9 Å². The van der Waals surface area contributed by atoms with Crippen LogP contribution in [-0.4, -0.2) is 72.6 Å². The van der Waals surface area contributed by atoms with Crippen LogP contribution in [0.3, 0.4) is 0 Å². The number of carbonyl (C=O) groups is 2. The van der Waals surface area contributed by atoms with Crippen LogP contribution < -0.4 is 4.74 Å². The molecule has 2 fully saturated rings. The number of rotatable bonds is 6. The fourth-order valence-electron chi connectivity index (χ4n) is 4.07. The number of carbonyl (C=O) groups excluding carboxylic acids is 2. The van der Waals surface area contributed by atoms with Crippen molar-refractivity contribution in [3.63, 3.8) is 0 Å². The molecule has 0 aliphatic carbocycles. The highest BCUT2D eigenvalue weighted by Gasteiger charge is 2.40. The number of likely N-dealkylation sites (tertiary alicyclic amines) is 1. The highest BCUT2D eigenvalue weighted by Crippen LogP contribution is 2.37. The highest BCUT2D eigenvalue weighted by molar-refractivity contribution is 7.11. The molecule has 0 unspecified atom stereocenters. The molecule has 31 heavy (non-hydrogen) atoms. The van der Waals surface area contributed by atoms with E-state index in [-0.39, 0.29) is 17.2 Å². The average Bonchev–Trinajstić information content (AvgIpc) is 3.34. The van der Waals surface area contributed by atoms with Crippen LogP contribution in [0.25, 0.3) is 0 Å². The second-order valence-electron chi connectivity index (χ2n) is 8.07. The first-order valence-corrected chi connectivity index (χ1v) is 11.7. The zero-order valence-electron chi connectivity index (χ0n) is 17.3. The fourth-order valence-corrected chi connectivity index (χ4v) is 4.84. The zero-order chi connectivity index (χ0) is 21.7. The Balaban J connectivity index is 1.44. The van der Waals surface area contributed by atoms with Gasteiger partial charge in [0.25, 0.3) is 5.91 Å². The number of halogens is 1. The number of benzene rings is 1. The number of hydrogen-bond donors (Lipinski definition) is 0. The summed E-state index contributed by atoms with van der Waals surface area (Å²) in [5, 5.41) is 0.612. The van der Waals surface area contributed by atoms with Crippen molar-refractivity contribution in [3.05, 3.63) is 45.9 Å². The summed E-state index contributed by atoms with van der Waals surface area (Å²) in [5.74, 6) is 0.820. The quantitative estimate of drug-likeness (QED) is 0.657. The molecule has 4 rings (SSSR count). The predicted octanol–water partition coefficient (Wildman–Crippen LogP) is 3.35. The van der Waals surface area contributed by atoms with Gasteiger partial charge in [0.05, 0.1) is 31.5 Å². The Hall–Kier alpha value is -2.16. The van der Waals surface area contributed by atoms with Crippen LogP contribution in [0.1, 0.15) is 28.9 Å². The van der Waals surface area contributed by atoms with E-state index >= 15 is 0 Å². The van der Waals surface area contributed by atoms with Crippen LogP contribution in [-0.2, 0) is 9.53 Å². The molecule has 2 aliphatic rings. The van der Waals surface area contributed by atoms with Gasteiger partial charge in [-0.3, -0.25) is 14.6 Å². The molecule has 0 saturated carbocycles. The Labute approximate surface area is 190 Å². The van der Waals surface area contributed by atoms with Gasteiger partial charge < -0.3 is 19.3 Å². The van der Waals surface area contributed by atoms with E-state index in [1.807, 2.05) is 21.9 Å². The van der Waals surface area contributed by atoms with Crippen molar-refractivity contribution in [1.29, 1.82) is 0 Å². The largest absolute Gasteiger partial charge is 0.493 e. The summed E-state index contributed by atoms with van der Waals surface area (Å²) in [4.78, 5) is 34.1. The molecule has 2 aliphatic heterocycles. The number of piperidine rings is 1. The molecular weight excluding hydrogens is 438 g/mol. The molecule has 0 bridgehead atoms. The maximum atomic E-state index is 13.0. The van der Waals surface area contributed by atoms with Gasteiger partial charge in [0, 0.05) is 43.0 Å². The standard InChI is InChI=1S/C22H26ClN3O4S/c23-17-2-1-3-18(12-17)30-15-22(13-20(27)25-8-10-29-11-9-25)4-6-26(7-5-22)21(28)19-14-24-16-31-19/h1-3,12,14,16H,4-11,13,15H2. The Morgan fingerprint density at radius 3 is 2.61 bits per heavy atom. The molecule has 2 saturated heterocycles. The molecule has 0 N–H and O–H groups in total. The number of aromatic nitrogens is 1. The third kappa shape index (κ3) is 5.56. The van der Waals surface area contributed by atoms with Crippen molar-refractivity contribution in [2.75, 3.05) is 46.0 Å². The summed E-state index contributed by atoms with van der Waals surface area (Å²) in [7, 11) is 0. The molecule has 7 nitrogen and oxygen atoms in total. The van der Waals surface area contributed by atoms with Crippen LogP contribution in [0.2, 0.25) is 5.02 Å². The predicted molar refractivity (Wildman–Crippen MR) is 119 cm³/mol. The maximum absolute atomic E-state index is 13.0. The Kier molecular flexibility index (Phi) is 7.09. The van der Waals surface area contributed by atoms with E-state index in [1.54, 1.807) is 23.8 Å². The lowest BCUT2D eigenvalue weighted by Crippen LogP contribution is -2.49. The second kappa shape index (κ2) is 9.97. The lowest BCUT2D eigenvalue weighted by Gasteiger charge is -2.42. The molecule has 0 atom stereocenters. The normalized spacial score (nSPS) is 18.6. The van der Waals surface area contributed by atoms with Crippen molar-refractivity contribution < 1.29 is 19.1 Å². The van der Waals surface area contributed by atoms with Gasteiger partial charge in [-0.25, -0.2) is 0 Å². The monoisotopic (exact) mass is 463 g/mol. The van der Waals surface area contributed by atoms with Gasteiger partial charge in [0.1, 0.15) is 10.6 Å². The molecule has 2 aromatic rings. The SMILES string of the molecule is O=C(CC1(COc2cccc(Cl)c2)CCN(C(=O)c2cncs2)CC1)N1CCOCC1. The van der Waals surface area contributed by atoms with Crippen molar-refractivity contribution in [2.45, 2.75) is 19.3 Å². The van der Waals surface area contributed by atoms with Gasteiger partial charge >= 0.3 is 0 Å². The van der Waals surface area contributed by atoms with E-state index in [0.717, 1.165) is 0 Å². The van der Waals surface area contributed by atoms with Crippen LogP contribution in [0, 0.1) is 5.41 Å². The first-order valence-electron chi connectivity index (χ1n) is 10.5. The average molecular weight is 464 g/mol. The fraction of sp³-hybridized carbons (Fsp3) is 0.500. The van der Waals surface area contributed by atoms with E-state index in [4.69, 9.17) is 21.1 Å². The number of hydrogen-bond acceptors (Lipinski definition) is 6. The van der Waals surface area contributed by atoms with Crippen molar-refractivity contribution in [3.8, 4) is 5.75 Å². The van der Waals surface area contributed by atoms with Gasteiger partial charge in [-0.05, 0) is 31.0 Å². The van der Waals surface area contributed by atoms with Crippen molar-refractivity contribution in [1.82, 2.24) is 14.8 Å². The number of morpholine rings is 1. The third-order valence-electron chi connectivity index (χ3n) is 5.99. The van der Waals surface area contributed by atoms with Gasteiger partial charge in [-0.15, -0.1) is 11.3 Å². The minimum absolute atomic E-state index is 0.00589. The molecule has 166 valence electrons. The highest BCUT2D eigenvalue weighted by atomic mass is 35.5. The van der Waals surface area contributed by atoms with Crippen LogP contribution >= 0.6 is 22.9 Å². The molecule has 1 aromatic carbocycles. The molecular formula is C22H26ClN3O4S. The van der Waals surface area contributed by atoms with E-state index in [9.17, 15) is 9.59 Å². The minimum atomic E-state index is -0.331. The zero-order valence-corrected chi connectivity index (χ0v) is 18.9. The van der Waals surface area contributed by atoms with Crippen LogP contribution in [0.4, 0.5) is 0 Å². The Morgan fingerprint density at radius 1 is 1.16 bits per heavy atom. The summed E-state index contributed by atoms with van der Waals surface area (Å²) in [5.41, 5.74) is 1.34.